The average molecular weight is 1330 g/mol. The summed E-state index contributed by atoms with van der Waals surface area (Å²) in [5, 5.41) is 0. The van der Waals surface area contributed by atoms with Gasteiger partial charge < -0.3 is 56.8 Å². The van der Waals surface area contributed by atoms with Crippen molar-refractivity contribution in [2.24, 2.45) is 0 Å². The first-order valence-corrected chi connectivity index (χ1v) is 33.4. The van der Waals surface area contributed by atoms with Crippen molar-refractivity contribution >= 4 is 68.2 Å². The zero-order valence-corrected chi connectivity index (χ0v) is 54.8. The highest BCUT2D eigenvalue weighted by molar-refractivity contribution is 6.07. The first-order chi connectivity index (χ1) is 50.3. The highest BCUT2D eigenvalue weighted by atomic mass is 16.5. The maximum absolute atomic E-state index is 7.07. The standard InChI is InChI=1S/C86H52N4O12/c1-91-75-41-59-79(99-71-29-13-25-67-83(71)87(59)55-17-5-9-21-63(55)95-67)37-47(75)45-33-46(48-38-80-60(42-76(48)92-2)88-56-18-6-10-22-64(56)96-68-26-14-30-72(100-80)84(68)88)35-50-49(34-45)51(53-39-81-61(43-77(53)93-3)89-57-19-7-11-23-65(57)97-69-27-15-31-73(101-81)85(69)89)36-52(50)54-40-82-62(44-78(54)94-4)90-58-20-8-12-24-66(58)98-70-28-16-32-74(102-82)86(70)90/h5-44H,1-4H3. The zero-order chi connectivity index (χ0) is 67.3. The second-order valence-electron chi connectivity index (χ2n) is 25.7. The number of ether oxygens (including phenoxy) is 12. The Morgan fingerprint density at radius 2 is 0.412 bits per heavy atom. The summed E-state index contributed by atoms with van der Waals surface area (Å²) in [6, 6.07) is 81.0. The van der Waals surface area contributed by atoms with Crippen LogP contribution in [0.15, 0.2) is 243 Å². The van der Waals surface area contributed by atoms with Gasteiger partial charge in [-0.1, -0.05) is 72.8 Å². The molecule has 0 saturated carbocycles. The van der Waals surface area contributed by atoms with Crippen LogP contribution in [-0.4, -0.2) is 28.4 Å². The van der Waals surface area contributed by atoms with E-state index < -0.39 is 0 Å². The van der Waals surface area contributed by atoms with Crippen LogP contribution in [-0.2, 0) is 0 Å². The summed E-state index contributed by atoms with van der Waals surface area (Å²) in [7, 11) is 6.82. The first kappa shape index (κ1) is 56.2. The number of anilines is 12. The van der Waals surface area contributed by atoms with Gasteiger partial charge in [-0.15, -0.1) is 0 Å². The van der Waals surface area contributed by atoms with Crippen LogP contribution in [0.5, 0.6) is 115 Å². The fraction of sp³-hybridized carbons (Fsp3) is 0.0465. The molecule has 488 valence electrons. The van der Waals surface area contributed by atoms with Crippen LogP contribution >= 0.6 is 0 Å². The van der Waals surface area contributed by atoms with Crippen molar-refractivity contribution in [3.63, 3.8) is 0 Å². The van der Waals surface area contributed by atoms with E-state index in [0.717, 1.165) is 124 Å². The Labute approximate surface area is 583 Å². The van der Waals surface area contributed by atoms with Gasteiger partial charge in [0.05, 0.1) is 73.9 Å². The molecule has 0 N–H and O–H groups in total. The van der Waals surface area contributed by atoms with Crippen LogP contribution in [0.4, 0.5) is 68.2 Å². The van der Waals surface area contributed by atoms with Gasteiger partial charge in [0.25, 0.3) is 0 Å². The Hall–Kier alpha value is -13.9. The van der Waals surface area contributed by atoms with Gasteiger partial charge in [0.2, 0.25) is 0 Å². The third-order valence-electron chi connectivity index (χ3n) is 20.3. The van der Waals surface area contributed by atoms with E-state index in [1.165, 1.54) is 0 Å². The van der Waals surface area contributed by atoms with Crippen LogP contribution in [0.3, 0.4) is 0 Å². The molecule has 22 rings (SSSR count). The summed E-state index contributed by atoms with van der Waals surface area (Å²) >= 11 is 0. The molecule has 2 aliphatic carbocycles. The predicted octanol–water partition coefficient (Wildman–Crippen LogP) is 24.2. The van der Waals surface area contributed by atoms with Crippen LogP contribution in [0, 0.1) is 0 Å². The number of benzene rings is 12. The van der Waals surface area contributed by atoms with E-state index in [9.17, 15) is 0 Å². The van der Waals surface area contributed by atoms with E-state index in [2.05, 4.69) is 117 Å². The topological polar surface area (TPSA) is 124 Å². The molecular formula is C86H52N4O12. The molecule has 0 amide bonds. The minimum Gasteiger partial charge on any atom is -0.496 e. The lowest BCUT2D eigenvalue weighted by Crippen LogP contribution is -2.20. The van der Waals surface area contributed by atoms with Crippen molar-refractivity contribution in [2.45, 2.75) is 0 Å². The lowest BCUT2D eigenvalue weighted by atomic mass is 9.96. The summed E-state index contributed by atoms with van der Waals surface area (Å²) < 4.78 is 81.1. The van der Waals surface area contributed by atoms with E-state index in [-0.39, 0.29) is 0 Å². The Balaban J connectivity index is 0.821. The second-order valence-corrected chi connectivity index (χ2v) is 25.7. The third kappa shape index (κ3) is 7.84. The zero-order valence-electron chi connectivity index (χ0n) is 54.8. The molecule has 0 spiro atoms. The molecule has 102 heavy (non-hydrogen) atoms. The number of rotatable bonds is 8. The van der Waals surface area contributed by atoms with Crippen LogP contribution in [0.25, 0.3) is 55.6 Å². The van der Waals surface area contributed by atoms with Gasteiger partial charge in [-0.3, -0.25) is 19.6 Å². The highest BCUT2D eigenvalue weighted by Gasteiger charge is 2.42. The number of hydrogen-bond acceptors (Lipinski definition) is 16. The molecule has 0 bridgehead atoms. The minimum absolute atomic E-state index is 0.574. The van der Waals surface area contributed by atoms with E-state index in [1.807, 2.05) is 146 Å². The van der Waals surface area contributed by atoms with E-state index in [4.69, 9.17) is 56.8 Å². The molecule has 8 aliphatic heterocycles. The molecule has 0 radical (unpaired) electrons. The summed E-state index contributed by atoms with van der Waals surface area (Å²) in [5.74, 6) is 12.8. The molecule has 16 heteroatoms. The number of nitrogens with zero attached hydrogens (tertiary/aromatic N) is 4. The summed E-state index contributed by atoms with van der Waals surface area (Å²) in [4.78, 5) is 8.79. The van der Waals surface area contributed by atoms with E-state index in [1.54, 1.807) is 28.4 Å². The molecule has 0 unspecified atom stereocenters. The van der Waals surface area contributed by atoms with Crippen molar-refractivity contribution in [1.29, 1.82) is 0 Å². The second kappa shape index (κ2) is 20.8. The quantitative estimate of drug-likeness (QED) is 0.143. The fourth-order valence-electron chi connectivity index (χ4n) is 15.9. The van der Waals surface area contributed by atoms with Crippen molar-refractivity contribution in [1.82, 2.24) is 0 Å². The molecule has 0 atom stereocenters. The van der Waals surface area contributed by atoms with Gasteiger partial charge >= 0.3 is 0 Å². The maximum atomic E-state index is 7.07. The van der Waals surface area contributed by atoms with Crippen molar-refractivity contribution in [3.8, 4) is 171 Å². The van der Waals surface area contributed by atoms with Gasteiger partial charge in [-0.2, -0.15) is 0 Å². The Morgan fingerprint density at radius 3 is 0.686 bits per heavy atom. The number of methoxy groups -OCH3 is 4. The van der Waals surface area contributed by atoms with E-state index >= 15 is 0 Å². The molecular weight excluding hydrogens is 1280 g/mol. The van der Waals surface area contributed by atoms with Crippen molar-refractivity contribution in [3.05, 3.63) is 243 Å². The molecule has 16 nitrogen and oxygen atoms in total. The molecule has 0 aromatic heterocycles. The molecule has 8 heterocycles. The monoisotopic (exact) mass is 1330 g/mol. The van der Waals surface area contributed by atoms with Gasteiger partial charge in [-0.25, -0.2) is 0 Å². The highest BCUT2D eigenvalue weighted by Crippen LogP contribution is 2.67. The molecule has 12 aromatic carbocycles. The predicted molar refractivity (Wildman–Crippen MR) is 390 cm³/mol. The van der Waals surface area contributed by atoms with Gasteiger partial charge in [0.15, 0.2) is 92.0 Å². The maximum Gasteiger partial charge on any atom is 0.155 e. The third-order valence-corrected chi connectivity index (χ3v) is 20.3. The molecule has 0 fully saturated rings. The Kier molecular flexibility index (Phi) is 11.5. The van der Waals surface area contributed by atoms with E-state index in [0.29, 0.717) is 115 Å². The first-order valence-electron chi connectivity index (χ1n) is 33.4. The summed E-state index contributed by atoms with van der Waals surface area (Å²) in [6.45, 7) is 0. The van der Waals surface area contributed by atoms with Crippen molar-refractivity contribution in [2.75, 3.05) is 48.0 Å². The normalized spacial score (nSPS) is 13.6. The SMILES string of the molecule is COc1cc2c(cc1-c1cc(-c3cc4c(cc3OC)N3c5ccccc5Oc5cccc(c53)O4)cc3c(-c4cc5c(cc4OC)N4c6ccccc6Oc6cccc(c64)O5)cc(-c4cc5c(cc4OC)N4c6ccccc6Oc6cccc(c64)O5)c-3c1)Oc1cccc3c1N2c1ccccc1O3. The average Bonchev–Trinajstić information content (AvgIpc) is 1.07. The Morgan fingerprint density at radius 1 is 0.186 bits per heavy atom. The number of para-hydroxylation sites is 12. The van der Waals surface area contributed by atoms with Crippen LogP contribution < -0.4 is 76.4 Å². The lowest BCUT2D eigenvalue weighted by molar-refractivity contribution is 0.413. The summed E-state index contributed by atoms with van der Waals surface area (Å²) in [5.41, 5.74) is 17.4. The van der Waals surface area contributed by atoms with Crippen molar-refractivity contribution < 1.29 is 56.8 Å². The summed E-state index contributed by atoms with van der Waals surface area (Å²) in [6.07, 6.45) is 0. The lowest BCUT2D eigenvalue weighted by Gasteiger charge is -2.38. The van der Waals surface area contributed by atoms with Crippen LogP contribution in [0.1, 0.15) is 0 Å². The number of hydrogen-bond donors (Lipinski definition) is 0. The molecule has 10 aliphatic rings. The van der Waals surface area contributed by atoms with Gasteiger partial charge in [-0.05, 0) is 179 Å². The van der Waals surface area contributed by atoms with Gasteiger partial charge in [0.1, 0.15) is 45.7 Å². The largest absolute Gasteiger partial charge is 0.496 e. The number of fused-ring (bicyclic) bond motifs is 17. The molecule has 12 aromatic rings. The van der Waals surface area contributed by atoms with Gasteiger partial charge in [0, 0.05) is 46.5 Å². The smallest absolute Gasteiger partial charge is 0.155 e. The minimum atomic E-state index is 0.574. The Bertz CT molecular complexity index is 5690. The molecule has 0 saturated heterocycles. The fourth-order valence-corrected chi connectivity index (χ4v) is 15.9. The van der Waals surface area contributed by atoms with Crippen LogP contribution in [0.2, 0.25) is 0 Å².